The molecule has 32 heavy (non-hydrogen) atoms. The summed E-state index contributed by atoms with van der Waals surface area (Å²) in [5.41, 5.74) is 1.77. The molecule has 0 unspecified atom stereocenters. The summed E-state index contributed by atoms with van der Waals surface area (Å²) in [6, 6.07) is 8.36. The van der Waals surface area contributed by atoms with E-state index < -0.39 is 21.8 Å². The molecule has 3 heterocycles. The van der Waals surface area contributed by atoms with Crippen LogP contribution in [0.2, 0.25) is 0 Å². The van der Waals surface area contributed by atoms with Crippen LogP contribution in [0.25, 0.3) is 0 Å². The highest BCUT2D eigenvalue weighted by Gasteiger charge is 2.30. The number of rotatable bonds is 6. The second kappa shape index (κ2) is 9.13. The van der Waals surface area contributed by atoms with E-state index in [1.54, 1.807) is 48.1 Å². The summed E-state index contributed by atoms with van der Waals surface area (Å²) in [7, 11) is -3.68. The van der Waals surface area contributed by atoms with E-state index in [0.29, 0.717) is 30.9 Å². The Morgan fingerprint density at radius 3 is 2.78 bits per heavy atom. The van der Waals surface area contributed by atoms with Crippen molar-refractivity contribution >= 4 is 44.5 Å². The second-order valence-corrected chi connectivity index (χ2v) is 10.4. The first kappa shape index (κ1) is 22.0. The fraction of sp³-hybridized carbons (Fsp3) is 0.286. The first-order valence-electron chi connectivity index (χ1n) is 10.1. The molecule has 0 atom stereocenters. The van der Waals surface area contributed by atoms with E-state index in [1.165, 1.54) is 15.6 Å². The van der Waals surface area contributed by atoms with Crippen molar-refractivity contribution in [3.05, 3.63) is 59.5 Å². The number of carbonyl (C=O) groups excluding carboxylic acids is 2. The van der Waals surface area contributed by atoms with Gasteiger partial charge in [0, 0.05) is 37.7 Å². The highest BCUT2D eigenvalue weighted by Crippen LogP contribution is 2.35. The van der Waals surface area contributed by atoms with Gasteiger partial charge in [0.1, 0.15) is 10.0 Å². The molecule has 1 aliphatic heterocycles. The van der Waals surface area contributed by atoms with Gasteiger partial charge < -0.3 is 15.2 Å². The van der Waals surface area contributed by atoms with Crippen LogP contribution in [0.3, 0.4) is 0 Å². The van der Waals surface area contributed by atoms with Gasteiger partial charge >= 0.3 is 11.8 Å². The molecule has 0 bridgehead atoms. The third-order valence-corrected chi connectivity index (χ3v) is 8.41. The Morgan fingerprint density at radius 2 is 2.06 bits per heavy atom. The minimum absolute atomic E-state index is 0.271. The van der Waals surface area contributed by atoms with Gasteiger partial charge in [0.25, 0.3) is 10.0 Å². The van der Waals surface area contributed by atoms with Crippen molar-refractivity contribution in [2.45, 2.75) is 30.5 Å². The normalized spacial score (nSPS) is 13.5. The van der Waals surface area contributed by atoms with Gasteiger partial charge in [-0.05, 0) is 48.9 Å². The highest BCUT2D eigenvalue weighted by atomic mass is 32.2. The van der Waals surface area contributed by atoms with Gasteiger partial charge in [-0.15, -0.1) is 11.3 Å². The summed E-state index contributed by atoms with van der Waals surface area (Å²) in [4.78, 5) is 28.6. The standard InChI is InChI=1S/C21H23N5O4S2/c1-15-22-8-11-25(15)12-9-23-20(27)21(28)24-17-7-6-16-4-2-10-26(18(16)14-17)32(29,30)19-5-3-13-31-19/h3,5-8,11,13-14H,2,4,9-10,12H2,1H3,(H,23,27)(H,24,28). The molecule has 0 spiro atoms. The fourth-order valence-corrected chi connectivity index (χ4v) is 6.22. The summed E-state index contributed by atoms with van der Waals surface area (Å²) in [5, 5.41) is 6.87. The molecule has 9 nitrogen and oxygen atoms in total. The molecule has 0 saturated carbocycles. The number of carbonyl (C=O) groups is 2. The molecule has 0 saturated heterocycles. The molecule has 1 aromatic carbocycles. The molecule has 2 aromatic heterocycles. The van der Waals surface area contributed by atoms with Gasteiger partial charge in [-0.25, -0.2) is 13.4 Å². The third kappa shape index (κ3) is 4.53. The van der Waals surface area contributed by atoms with Gasteiger partial charge in [0.15, 0.2) is 0 Å². The number of hydrogen-bond acceptors (Lipinski definition) is 6. The minimum atomic E-state index is -3.68. The molecule has 1 aliphatic rings. The van der Waals surface area contributed by atoms with Gasteiger partial charge in [-0.2, -0.15) is 0 Å². The fourth-order valence-electron chi connectivity index (χ4n) is 3.59. The van der Waals surface area contributed by atoms with E-state index in [9.17, 15) is 18.0 Å². The maximum absolute atomic E-state index is 13.1. The molecular weight excluding hydrogens is 450 g/mol. The third-order valence-electron chi connectivity index (χ3n) is 5.23. The van der Waals surface area contributed by atoms with Gasteiger partial charge in [-0.1, -0.05) is 12.1 Å². The van der Waals surface area contributed by atoms with Crippen molar-refractivity contribution in [1.82, 2.24) is 14.9 Å². The molecule has 3 aromatic rings. The highest BCUT2D eigenvalue weighted by molar-refractivity contribution is 7.94. The number of thiophene rings is 1. The van der Waals surface area contributed by atoms with E-state index in [0.717, 1.165) is 17.8 Å². The van der Waals surface area contributed by atoms with Crippen molar-refractivity contribution in [2.75, 3.05) is 22.7 Å². The van der Waals surface area contributed by atoms with E-state index in [4.69, 9.17) is 0 Å². The Labute approximate surface area is 190 Å². The van der Waals surface area contributed by atoms with Crippen molar-refractivity contribution in [3.63, 3.8) is 0 Å². The Bertz CT molecular complexity index is 1230. The first-order chi connectivity index (χ1) is 15.4. The number of aromatic nitrogens is 2. The average Bonchev–Trinajstić information content (AvgIpc) is 3.46. The molecular formula is C21H23N5O4S2. The molecule has 11 heteroatoms. The van der Waals surface area contributed by atoms with Crippen LogP contribution in [0, 0.1) is 6.92 Å². The Hall–Kier alpha value is -3.18. The van der Waals surface area contributed by atoms with Crippen molar-refractivity contribution in [1.29, 1.82) is 0 Å². The number of aryl methyl sites for hydroxylation is 2. The second-order valence-electron chi connectivity index (χ2n) is 7.33. The zero-order valence-electron chi connectivity index (χ0n) is 17.4. The first-order valence-corrected chi connectivity index (χ1v) is 12.4. The van der Waals surface area contributed by atoms with Crippen LogP contribution >= 0.6 is 11.3 Å². The van der Waals surface area contributed by atoms with E-state index in [2.05, 4.69) is 15.6 Å². The number of imidazole rings is 1. The van der Waals surface area contributed by atoms with Crippen LogP contribution in [0.4, 0.5) is 11.4 Å². The number of benzene rings is 1. The van der Waals surface area contributed by atoms with Crippen LogP contribution in [0.15, 0.2) is 52.3 Å². The number of hydrogen-bond donors (Lipinski definition) is 2. The lowest BCUT2D eigenvalue weighted by Gasteiger charge is -2.30. The van der Waals surface area contributed by atoms with Crippen LogP contribution < -0.4 is 14.9 Å². The monoisotopic (exact) mass is 473 g/mol. The van der Waals surface area contributed by atoms with Crippen LogP contribution in [0.1, 0.15) is 17.8 Å². The largest absolute Gasteiger partial charge is 0.346 e. The maximum atomic E-state index is 13.1. The predicted molar refractivity (Wildman–Crippen MR) is 122 cm³/mol. The van der Waals surface area contributed by atoms with E-state index in [1.807, 2.05) is 11.5 Å². The molecule has 4 rings (SSSR count). The number of sulfonamides is 1. The van der Waals surface area contributed by atoms with E-state index >= 15 is 0 Å². The van der Waals surface area contributed by atoms with Gasteiger partial charge in [0.05, 0.1) is 5.69 Å². The number of nitrogens with zero attached hydrogens (tertiary/aromatic N) is 3. The molecule has 0 aliphatic carbocycles. The summed E-state index contributed by atoms with van der Waals surface area (Å²) in [6.07, 6.45) is 4.92. The van der Waals surface area contributed by atoms with Crippen molar-refractivity contribution in [3.8, 4) is 0 Å². The lowest BCUT2D eigenvalue weighted by Crippen LogP contribution is -2.37. The number of fused-ring (bicyclic) bond motifs is 1. The lowest BCUT2D eigenvalue weighted by molar-refractivity contribution is -0.136. The maximum Gasteiger partial charge on any atom is 0.313 e. The van der Waals surface area contributed by atoms with E-state index in [-0.39, 0.29) is 10.8 Å². The smallest absolute Gasteiger partial charge is 0.313 e. The van der Waals surface area contributed by atoms with Gasteiger partial charge in [0.2, 0.25) is 0 Å². The van der Waals surface area contributed by atoms with Gasteiger partial charge in [-0.3, -0.25) is 13.9 Å². The van der Waals surface area contributed by atoms with Crippen molar-refractivity contribution in [2.24, 2.45) is 0 Å². The van der Waals surface area contributed by atoms with Crippen LogP contribution in [0.5, 0.6) is 0 Å². The number of nitrogens with one attached hydrogen (secondary N) is 2. The summed E-state index contributed by atoms with van der Waals surface area (Å²) in [5.74, 6) is -0.751. The zero-order chi connectivity index (χ0) is 22.7. The number of anilines is 2. The predicted octanol–water partition coefficient (Wildman–Crippen LogP) is 2.15. The molecule has 2 N–H and O–H groups in total. The SMILES string of the molecule is Cc1nccn1CCNC(=O)C(=O)Nc1ccc2c(c1)N(S(=O)(=O)c1cccs1)CCC2. The average molecular weight is 474 g/mol. The quantitative estimate of drug-likeness (QED) is 0.533. The Kier molecular flexibility index (Phi) is 6.28. The molecule has 2 amide bonds. The summed E-state index contributed by atoms with van der Waals surface area (Å²) in [6.45, 7) is 2.99. The van der Waals surface area contributed by atoms with Crippen molar-refractivity contribution < 1.29 is 18.0 Å². The Balaban J connectivity index is 1.44. The Morgan fingerprint density at radius 1 is 1.22 bits per heavy atom. The topological polar surface area (TPSA) is 113 Å². The van der Waals surface area contributed by atoms with Crippen LogP contribution in [-0.2, 0) is 32.6 Å². The van der Waals surface area contributed by atoms with Crippen LogP contribution in [-0.4, -0.2) is 42.9 Å². The zero-order valence-corrected chi connectivity index (χ0v) is 19.1. The molecule has 0 radical (unpaired) electrons. The number of amides is 2. The molecule has 168 valence electrons. The summed E-state index contributed by atoms with van der Waals surface area (Å²) >= 11 is 1.17. The molecule has 0 fully saturated rings. The minimum Gasteiger partial charge on any atom is -0.346 e. The summed E-state index contributed by atoms with van der Waals surface area (Å²) < 4.78 is 29.7. The lowest BCUT2D eigenvalue weighted by atomic mass is 10.0.